The smallest absolute Gasteiger partial charge is 0.495 e. The second-order valence-corrected chi connectivity index (χ2v) is 9.50. The van der Waals surface area contributed by atoms with Crippen LogP contribution in [0.3, 0.4) is 0 Å². The molecule has 3 rings (SSSR count). The summed E-state index contributed by atoms with van der Waals surface area (Å²) in [6, 6.07) is 10.7. The van der Waals surface area contributed by atoms with Crippen LogP contribution in [-0.2, 0) is 26.2 Å². The Balaban J connectivity index is 2.05. The van der Waals surface area contributed by atoms with Gasteiger partial charge in [0, 0.05) is 16.7 Å². The molecule has 1 fully saturated rings. The third kappa shape index (κ3) is 4.18. The number of ketones is 1. The van der Waals surface area contributed by atoms with Gasteiger partial charge in [0.15, 0.2) is 5.78 Å². The predicted molar refractivity (Wildman–Crippen MR) is 110 cm³/mol. The fourth-order valence-corrected chi connectivity index (χ4v) is 3.71. The summed E-state index contributed by atoms with van der Waals surface area (Å²) >= 11 is -1.02. The highest BCUT2D eigenvalue weighted by Crippen LogP contribution is 2.37. The minimum atomic E-state index is -1.02. The predicted octanol–water partition coefficient (Wildman–Crippen LogP) is 3.23. The zero-order valence-electron chi connectivity index (χ0n) is 16.7. The molecule has 0 bridgehead atoms. The molecule has 0 spiro atoms. The third-order valence-corrected chi connectivity index (χ3v) is 6.08. The maximum Gasteiger partial charge on any atom is 0.495 e. The second-order valence-electron chi connectivity index (χ2n) is 8.06. The molecule has 1 aliphatic heterocycles. The van der Waals surface area contributed by atoms with Crippen molar-refractivity contribution in [3.63, 3.8) is 0 Å². The van der Waals surface area contributed by atoms with Crippen LogP contribution in [-0.4, -0.2) is 34.9 Å². The maximum atomic E-state index is 13.2. The van der Waals surface area contributed by atoms with Crippen LogP contribution in [0.1, 0.15) is 49.2 Å². The summed E-state index contributed by atoms with van der Waals surface area (Å²) in [6.07, 6.45) is 1.63. The first-order chi connectivity index (χ1) is 13.0. The molecule has 7 heteroatoms. The van der Waals surface area contributed by atoms with E-state index in [1.165, 1.54) is 24.3 Å². The average Bonchev–Trinajstić information content (AvgIpc) is 2.82. The van der Waals surface area contributed by atoms with E-state index in [4.69, 9.17) is 9.31 Å². The number of hydrogen-bond acceptors (Lipinski definition) is 4. The molecule has 0 amide bonds. The summed E-state index contributed by atoms with van der Waals surface area (Å²) in [5, 5.41) is 0. The molecule has 0 aliphatic carbocycles. The van der Waals surface area contributed by atoms with Gasteiger partial charge in [-0.25, -0.2) is 4.39 Å². The summed E-state index contributed by atoms with van der Waals surface area (Å²) < 4.78 is 37.2. The van der Waals surface area contributed by atoms with Gasteiger partial charge in [-0.05, 0) is 57.4 Å². The minimum absolute atomic E-state index is 0.242. The summed E-state index contributed by atoms with van der Waals surface area (Å²) in [5.41, 5.74) is 1.12. The molecule has 1 atom stereocenters. The molecule has 0 aromatic heterocycles. The SMILES string of the molecule is C[S+]([O-])Cc1ccc(C(=O)c2ccc(F)cc2)c(B2OC(C)(C)C(C)(C)O2)c1. The molecule has 1 saturated heterocycles. The highest BCUT2D eigenvalue weighted by molar-refractivity contribution is 7.89. The summed E-state index contributed by atoms with van der Waals surface area (Å²) in [5.74, 6) is -0.269. The molecule has 0 radical (unpaired) electrons. The Morgan fingerprint density at radius 2 is 1.64 bits per heavy atom. The van der Waals surface area contributed by atoms with Crippen molar-refractivity contribution in [1.29, 1.82) is 0 Å². The van der Waals surface area contributed by atoms with Crippen LogP contribution >= 0.6 is 0 Å². The Morgan fingerprint density at radius 1 is 1.07 bits per heavy atom. The van der Waals surface area contributed by atoms with Crippen LogP contribution < -0.4 is 5.46 Å². The van der Waals surface area contributed by atoms with Crippen LogP contribution in [0.15, 0.2) is 42.5 Å². The largest absolute Gasteiger partial charge is 0.616 e. The van der Waals surface area contributed by atoms with Gasteiger partial charge < -0.3 is 13.9 Å². The van der Waals surface area contributed by atoms with E-state index in [0.29, 0.717) is 22.3 Å². The van der Waals surface area contributed by atoms with Crippen LogP contribution in [0.4, 0.5) is 4.39 Å². The highest BCUT2D eigenvalue weighted by atomic mass is 32.2. The lowest BCUT2D eigenvalue weighted by molar-refractivity contribution is 0.00578. The standard InChI is InChI=1S/C21H24BFO4S/c1-20(2)21(3,4)27-22(26-20)18-12-14(13-28(5)25)6-11-17(18)19(24)15-7-9-16(23)10-8-15/h6-12H,13H2,1-5H3. The lowest BCUT2D eigenvalue weighted by Crippen LogP contribution is -2.41. The molecule has 1 unspecified atom stereocenters. The molecule has 2 aromatic rings. The Hall–Kier alpha value is -1.67. The number of rotatable bonds is 5. The first kappa shape index (κ1) is 21.1. The first-order valence-corrected chi connectivity index (χ1v) is 10.8. The first-order valence-electron chi connectivity index (χ1n) is 9.09. The zero-order valence-corrected chi connectivity index (χ0v) is 17.6. The molecule has 28 heavy (non-hydrogen) atoms. The van der Waals surface area contributed by atoms with E-state index >= 15 is 0 Å². The van der Waals surface area contributed by atoms with Crippen molar-refractivity contribution in [3.05, 3.63) is 65.0 Å². The summed E-state index contributed by atoms with van der Waals surface area (Å²) in [7, 11) is -0.727. The Morgan fingerprint density at radius 3 is 2.18 bits per heavy atom. The van der Waals surface area contributed by atoms with Crippen LogP contribution in [0.5, 0.6) is 0 Å². The normalized spacial score (nSPS) is 18.9. The highest BCUT2D eigenvalue weighted by Gasteiger charge is 2.52. The monoisotopic (exact) mass is 402 g/mol. The number of benzene rings is 2. The summed E-state index contributed by atoms with van der Waals surface area (Å²) in [6.45, 7) is 7.78. The van der Waals surface area contributed by atoms with Crippen molar-refractivity contribution >= 4 is 29.5 Å². The van der Waals surface area contributed by atoms with E-state index in [2.05, 4.69) is 0 Å². The van der Waals surface area contributed by atoms with Crippen molar-refractivity contribution in [1.82, 2.24) is 0 Å². The van der Waals surface area contributed by atoms with Crippen molar-refractivity contribution in [3.8, 4) is 0 Å². The van der Waals surface area contributed by atoms with Gasteiger partial charge in [-0.2, -0.15) is 0 Å². The van der Waals surface area contributed by atoms with E-state index in [-0.39, 0.29) is 5.78 Å². The van der Waals surface area contributed by atoms with E-state index in [9.17, 15) is 13.7 Å². The Bertz CT molecular complexity index is 864. The lowest BCUT2D eigenvalue weighted by Gasteiger charge is -2.32. The molecule has 4 nitrogen and oxygen atoms in total. The molecule has 0 N–H and O–H groups in total. The van der Waals surface area contributed by atoms with Gasteiger partial charge in [0.05, 0.1) is 17.5 Å². The van der Waals surface area contributed by atoms with Gasteiger partial charge in [0.1, 0.15) is 11.6 Å². The van der Waals surface area contributed by atoms with E-state index in [1.807, 2.05) is 33.8 Å². The third-order valence-electron chi connectivity index (χ3n) is 5.34. The summed E-state index contributed by atoms with van der Waals surface area (Å²) in [4.78, 5) is 13.1. The fourth-order valence-electron chi connectivity index (χ4n) is 3.07. The van der Waals surface area contributed by atoms with Gasteiger partial charge >= 0.3 is 7.12 Å². The minimum Gasteiger partial charge on any atom is -0.616 e. The van der Waals surface area contributed by atoms with Gasteiger partial charge in [-0.3, -0.25) is 4.79 Å². The Kier molecular flexibility index (Phi) is 5.74. The molecule has 1 heterocycles. The van der Waals surface area contributed by atoms with Gasteiger partial charge in [-0.15, -0.1) is 0 Å². The second kappa shape index (κ2) is 7.63. The average molecular weight is 402 g/mol. The fraction of sp³-hybridized carbons (Fsp3) is 0.381. The van der Waals surface area contributed by atoms with E-state index in [1.54, 1.807) is 18.4 Å². The van der Waals surface area contributed by atoms with E-state index < -0.39 is 35.3 Å². The van der Waals surface area contributed by atoms with Crippen molar-refractivity contribution in [2.24, 2.45) is 0 Å². The van der Waals surface area contributed by atoms with Crippen LogP contribution in [0.25, 0.3) is 0 Å². The topological polar surface area (TPSA) is 58.6 Å². The quantitative estimate of drug-likeness (QED) is 0.438. The van der Waals surface area contributed by atoms with Crippen LogP contribution in [0, 0.1) is 5.82 Å². The van der Waals surface area contributed by atoms with Gasteiger partial charge in [0.25, 0.3) is 0 Å². The lowest BCUT2D eigenvalue weighted by atomic mass is 9.73. The molecule has 2 aromatic carbocycles. The molecular formula is C21H24BFO4S. The molecule has 1 aliphatic rings. The van der Waals surface area contributed by atoms with Crippen LogP contribution in [0.2, 0.25) is 0 Å². The molecule has 0 saturated carbocycles. The van der Waals surface area contributed by atoms with Crippen molar-refractivity contribution < 1.29 is 23.0 Å². The Labute approximate surface area is 168 Å². The van der Waals surface area contributed by atoms with Crippen molar-refractivity contribution in [2.45, 2.75) is 44.6 Å². The van der Waals surface area contributed by atoms with Gasteiger partial charge in [0.2, 0.25) is 0 Å². The zero-order chi connectivity index (χ0) is 20.7. The number of carbonyl (C=O) groups excluding carboxylic acids is 1. The van der Waals surface area contributed by atoms with Gasteiger partial charge in [-0.1, -0.05) is 29.4 Å². The number of hydrogen-bond donors (Lipinski definition) is 0. The van der Waals surface area contributed by atoms with Crippen molar-refractivity contribution in [2.75, 3.05) is 6.26 Å². The number of halogens is 1. The van der Waals surface area contributed by atoms with E-state index in [0.717, 1.165) is 5.56 Å². The maximum absolute atomic E-state index is 13.2. The number of carbonyl (C=O) groups is 1. The molecular weight excluding hydrogens is 378 g/mol. The molecule has 148 valence electrons.